The van der Waals surface area contributed by atoms with Crippen molar-refractivity contribution in [2.45, 2.75) is 19.8 Å². The Bertz CT molecular complexity index is 1360. The molecular formula is C23H25N7OS. The van der Waals surface area contributed by atoms with Gasteiger partial charge >= 0.3 is 0 Å². The van der Waals surface area contributed by atoms with E-state index in [4.69, 9.17) is 1.37 Å². The zero-order valence-electron chi connectivity index (χ0n) is 19.0. The van der Waals surface area contributed by atoms with Crippen LogP contribution in [0.15, 0.2) is 60.2 Å². The predicted molar refractivity (Wildman–Crippen MR) is 129 cm³/mol. The van der Waals surface area contributed by atoms with Crippen LogP contribution in [0, 0.1) is 6.92 Å². The molecule has 164 valence electrons. The minimum absolute atomic E-state index is 0. The van der Waals surface area contributed by atoms with Gasteiger partial charge in [-0.25, -0.2) is 15.0 Å². The monoisotopic (exact) mass is 448 g/mol. The number of pyridine rings is 1. The van der Waals surface area contributed by atoms with Crippen LogP contribution in [0.1, 0.15) is 36.0 Å². The summed E-state index contributed by atoms with van der Waals surface area (Å²) in [6.07, 6.45) is 5.06. The number of aryl methyl sites for hydroxylation is 1. The van der Waals surface area contributed by atoms with E-state index < -0.39 is 0 Å². The maximum atomic E-state index is 12.2. The Morgan fingerprint density at radius 3 is 2.75 bits per heavy atom. The predicted octanol–water partition coefficient (Wildman–Crippen LogP) is 2.90. The molecule has 0 spiro atoms. The lowest BCUT2D eigenvalue weighted by Crippen LogP contribution is -2.18. The van der Waals surface area contributed by atoms with Crippen molar-refractivity contribution in [1.82, 2.24) is 30.2 Å². The van der Waals surface area contributed by atoms with Crippen LogP contribution >= 0.6 is 13.5 Å². The van der Waals surface area contributed by atoms with Crippen LogP contribution in [0.4, 0.5) is 0 Å². The number of amides is 1. The number of hydrogen-bond acceptors (Lipinski definition) is 6. The number of aromatic amines is 1. The third-order valence-electron chi connectivity index (χ3n) is 5.06. The second-order valence-electron chi connectivity index (χ2n) is 7.21. The van der Waals surface area contributed by atoms with E-state index in [-0.39, 0.29) is 31.6 Å². The zero-order chi connectivity index (χ0) is 22.7. The molecule has 0 fully saturated rings. The van der Waals surface area contributed by atoms with Crippen LogP contribution in [0.2, 0.25) is 0 Å². The first-order valence-corrected chi connectivity index (χ1v) is 9.93. The van der Waals surface area contributed by atoms with Gasteiger partial charge in [0.15, 0.2) is 5.49 Å². The molecule has 9 heteroatoms. The largest absolute Gasteiger partial charge is 0.355 e. The van der Waals surface area contributed by atoms with Gasteiger partial charge in [-0.2, -0.15) is 13.5 Å². The molecule has 0 aliphatic carbocycles. The van der Waals surface area contributed by atoms with E-state index in [1.54, 1.807) is 37.8 Å². The summed E-state index contributed by atoms with van der Waals surface area (Å²) in [4.78, 5) is 36.9. The highest BCUT2D eigenvalue weighted by molar-refractivity contribution is 7.59. The first-order chi connectivity index (χ1) is 15.5. The number of carbonyl (C=O) groups is 1. The van der Waals surface area contributed by atoms with Gasteiger partial charge in [0.2, 0.25) is 0 Å². The molecule has 0 saturated carbocycles. The summed E-state index contributed by atoms with van der Waals surface area (Å²) in [5, 5.41) is 3.48. The Balaban J connectivity index is 0.00000306. The van der Waals surface area contributed by atoms with Crippen molar-refractivity contribution in [3.63, 3.8) is 0 Å². The fourth-order valence-electron chi connectivity index (χ4n) is 3.37. The van der Waals surface area contributed by atoms with Gasteiger partial charge in [-0.1, -0.05) is 25.1 Å². The van der Waals surface area contributed by atoms with E-state index >= 15 is 0 Å². The molecule has 1 aromatic carbocycles. The Labute approximate surface area is 194 Å². The first kappa shape index (κ1) is 21.6. The number of nitrogens with one attached hydrogen (secondary N) is 2. The van der Waals surface area contributed by atoms with Crippen molar-refractivity contribution in [3.05, 3.63) is 77.7 Å². The van der Waals surface area contributed by atoms with E-state index in [9.17, 15) is 4.79 Å². The normalized spacial score (nSPS) is 12.7. The molecule has 0 bridgehead atoms. The molecule has 8 nitrogen and oxygen atoms in total. The fourth-order valence-corrected chi connectivity index (χ4v) is 3.37. The van der Waals surface area contributed by atoms with E-state index in [0.717, 1.165) is 22.0 Å². The van der Waals surface area contributed by atoms with Gasteiger partial charge in [0.1, 0.15) is 7.20 Å². The maximum absolute atomic E-state index is 12.2. The molecule has 2 N–H and O–H groups in total. The van der Waals surface area contributed by atoms with Gasteiger partial charge in [0.05, 0.1) is 23.1 Å². The van der Waals surface area contributed by atoms with Crippen molar-refractivity contribution in [3.8, 4) is 11.3 Å². The number of benzene rings is 1. The summed E-state index contributed by atoms with van der Waals surface area (Å²) in [6.45, 7) is 4.32. The molecular weight excluding hydrogens is 422 g/mol. The zero-order valence-corrected chi connectivity index (χ0v) is 19.0. The highest BCUT2D eigenvalue weighted by atomic mass is 32.1. The summed E-state index contributed by atoms with van der Waals surface area (Å²) >= 11 is 0. The summed E-state index contributed by atoms with van der Waals surface area (Å²) in [5.41, 5.74) is 4.26. The molecule has 1 atom stereocenters. The van der Waals surface area contributed by atoms with Gasteiger partial charge < -0.3 is 10.3 Å². The molecule has 4 rings (SSSR count). The number of rotatable bonds is 5. The van der Waals surface area contributed by atoms with Crippen LogP contribution in [0.3, 0.4) is 0 Å². The average Bonchev–Trinajstić information content (AvgIpc) is 2.81. The Morgan fingerprint density at radius 2 is 2.00 bits per heavy atom. The van der Waals surface area contributed by atoms with Gasteiger partial charge in [-0.15, -0.1) is 0 Å². The summed E-state index contributed by atoms with van der Waals surface area (Å²) in [5.74, 6) is 0.556. The van der Waals surface area contributed by atoms with Gasteiger partial charge in [-0.05, 0) is 18.6 Å². The van der Waals surface area contributed by atoms with Gasteiger partial charge in [0.25, 0.3) is 5.91 Å². The first-order valence-electron chi connectivity index (χ1n) is 10.4. The molecule has 32 heavy (non-hydrogen) atoms. The second-order valence-corrected chi connectivity index (χ2v) is 7.21. The SMILES string of the molecule is S.[2H]c1nc(=NC[C@@H](C)c2cccc3c(C(=O)NC)ccnc23)cc(-c2cnc(C)nc2)[nH]1. The standard InChI is InChI=1S/C23H23N7O.H2S/c1-14(17-5-4-6-18-19(23(31)24-3)7-8-25-22(17)18)10-28-21-9-20(29-13-30-21)16-11-26-15(2)27-12-16;/h4-9,11-14H,10H2,1-3H3,(H,24,31)(H,28,29,30);1H2/t14-;/m1./s1/i13D;. The third-order valence-corrected chi connectivity index (χ3v) is 5.06. The fraction of sp³-hybridized carbons (Fsp3) is 0.217. The smallest absolute Gasteiger partial charge is 0.251 e. The van der Waals surface area contributed by atoms with Crippen molar-refractivity contribution in [2.75, 3.05) is 13.6 Å². The van der Waals surface area contributed by atoms with Crippen molar-refractivity contribution < 1.29 is 6.17 Å². The molecule has 0 saturated heterocycles. The molecule has 4 aromatic rings. The average molecular weight is 449 g/mol. The lowest BCUT2D eigenvalue weighted by molar-refractivity contribution is 0.0964. The number of carbonyl (C=O) groups excluding carboxylic acids is 1. The van der Waals surface area contributed by atoms with Crippen LogP contribution in [0.25, 0.3) is 22.2 Å². The van der Waals surface area contributed by atoms with Crippen molar-refractivity contribution in [2.24, 2.45) is 4.99 Å². The van der Waals surface area contributed by atoms with Gasteiger partial charge in [-0.3, -0.25) is 14.8 Å². The van der Waals surface area contributed by atoms with Crippen molar-refractivity contribution in [1.29, 1.82) is 0 Å². The Morgan fingerprint density at radius 1 is 1.22 bits per heavy atom. The van der Waals surface area contributed by atoms with Crippen LogP contribution in [0.5, 0.6) is 0 Å². The minimum Gasteiger partial charge on any atom is -0.355 e. The number of aromatic nitrogens is 5. The van der Waals surface area contributed by atoms with E-state index in [0.29, 0.717) is 29.1 Å². The number of fused-ring (bicyclic) bond motifs is 1. The summed E-state index contributed by atoms with van der Waals surface area (Å²) in [6, 6.07) is 9.33. The lowest BCUT2D eigenvalue weighted by atomic mass is 9.96. The van der Waals surface area contributed by atoms with Crippen LogP contribution in [-0.2, 0) is 0 Å². The number of hydrogen-bond donors (Lipinski definition) is 2. The molecule has 0 radical (unpaired) electrons. The quantitative estimate of drug-likeness (QED) is 0.488. The highest BCUT2D eigenvalue weighted by Crippen LogP contribution is 2.26. The van der Waals surface area contributed by atoms with Crippen molar-refractivity contribution >= 4 is 30.3 Å². The molecule has 0 aliphatic heterocycles. The summed E-state index contributed by atoms with van der Waals surface area (Å²) < 4.78 is 7.99. The third kappa shape index (κ3) is 4.83. The number of para-hydroxylation sites is 1. The minimum atomic E-state index is -0.146. The van der Waals surface area contributed by atoms with Crippen LogP contribution in [-0.4, -0.2) is 44.4 Å². The van der Waals surface area contributed by atoms with E-state index in [2.05, 4.69) is 42.2 Å². The number of nitrogens with zero attached hydrogens (tertiary/aromatic N) is 5. The molecule has 3 heterocycles. The topological polar surface area (TPSA) is 109 Å². The lowest BCUT2D eigenvalue weighted by Gasteiger charge is -2.13. The van der Waals surface area contributed by atoms with Gasteiger partial charge in [0, 0.05) is 55.1 Å². The molecule has 0 unspecified atom stereocenters. The maximum Gasteiger partial charge on any atom is 0.251 e. The van der Waals surface area contributed by atoms with E-state index in [1.807, 2.05) is 25.1 Å². The second kappa shape index (κ2) is 10.1. The Hall–Kier alpha value is -3.59. The molecule has 0 aliphatic rings. The Kier molecular flexibility index (Phi) is 6.86. The van der Waals surface area contributed by atoms with E-state index in [1.165, 1.54) is 0 Å². The number of H-pyrrole nitrogens is 1. The molecule has 3 aromatic heterocycles. The molecule has 1 amide bonds. The van der Waals surface area contributed by atoms with Crippen LogP contribution < -0.4 is 10.8 Å². The summed E-state index contributed by atoms with van der Waals surface area (Å²) in [7, 11) is 1.61. The highest BCUT2D eigenvalue weighted by Gasteiger charge is 2.14.